The maximum atomic E-state index is 11.8. The van der Waals surface area contributed by atoms with Gasteiger partial charge < -0.3 is 19.3 Å². The van der Waals surface area contributed by atoms with E-state index in [-0.39, 0.29) is 22.8 Å². The molecular weight excluding hydrogens is 298 g/mol. The SMILES string of the molecule is COCCn1c(O)c(C=NCC(OC)OC)c(=O)[nH]c1=S. The van der Waals surface area contributed by atoms with Gasteiger partial charge in [0.2, 0.25) is 5.88 Å². The van der Waals surface area contributed by atoms with Crippen LogP contribution in [0, 0.1) is 4.77 Å². The topological polar surface area (TPSA) is 98.1 Å². The zero-order chi connectivity index (χ0) is 15.8. The zero-order valence-electron chi connectivity index (χ0n) is 12.2. The second-order valence-corrected chi connectivity index (χ2v) is 4.42. The highest BCUT2D eigenvalue weighted by Gasteiger charge is 2.11. The molecule has 0 spiro atoms. The first-order valence-corrected chi connectivity index (χ1v) is 6.56. The van der Waals surface area contributed by atoms with Crippen LogP contribution in [0.1, 0.15) is 5.56 Å². The van der Waals surface area contributed by atoms with Crippen molar-refractivity contribution in [2.24, 2.45) is 4.99 Å². The average molecular weight is 317 g/mol. The van der Waals surface area contributed by atoms with Gasteiger partial charge in [-0.1, -0.05) is 0 Å². The molecule has 1 aromatic rings. The predicted molar refractivity (Wildman–Crippen MR) is 79.7 cm³/mol. The van der Waals surface area contributed by atoms with Gasteiger partial charge in [-0.25, -0.2) is 0 Å². The summed E-state index contributed by atoms with van der Waals surface area (Å²) in [6.45, 7) is 0.858. The molecule has 0 unspecified atom stereocenters. The Kier molecular flexibility index (Phi) is 7.23. The van der Waals surface area contributed by atoms with Crippen molar-refractivity contribution in [1.29, 1.82) is 0 Å². The quantitative estimate of drug-likeness (QED) is 0.406. The number of aromatic amines is 1. The molecule has 0 radical (unpaired) electrons. The maximum absolute atomic E-state index is 11.8. The van der Waals surface area contributed by atoms with Crippen molar-refractivity contribution in [3.05, 3.63) is 20.7 Å². The van der Waals surface area contributed by atoms with Crippen LogP contribution in [0.5, 0.6) is 5.88 Å². The Morgan fingerprint density at radius 1 is 1.43 bits per heavy atom. The van der Waals surface area contributed by atoms with Crippen molar-refractivity contribution in [3.8, 4) is 5.88 Å². The summed E-state index contributed by atoms with van der Waals surface area (Å²) in [6.07, 6.45) is 0.749. The smallest absolute Gasteiger partial charge is 0.264 e. The number of H-pyrrole nitrogens is 1. The molecule has 2 N–H and O–H groups in total. The van der Waals surface area contributed by atoms with Crippen LogP contribution < -0.4 is 5.56 Å². The van der Waals surface area contributed by atoms with Gasteiger partial charge in [0.05, 0.1) is 19.7 Å². The highest BCUT2D eigenvalue weighted by molar-refractivity contribution is 7.71. The molecule has 0 saturated heterocycles. The van der Waals surface area contributed by atoms with Gasteiger partial charge in [0.15, 0.2) is 11.1 Å². The molecule has 1 heterocycles. The van der Waals surface area contributed by atoms with Gasteiger partial charge in [-0.3, -0.25) is 19.3 Å². The van der Waals surface area contributed by atoms with E-state index in [4.69, 9.17) is 26.4 Å². The van der Waals surface area contributed by atoms with E-state index in [9.17, 15) is 9.90 Å². The zero-order valence-corrected chi connectivity index (χ0v) is 13.0. The lowest BCUT2D eigenvalue weighted by atomic mass is 10.3. The van der Waals surface area contributed by atoms with Crippen molar-refractivity contribution in [2.45, 2.75) is 12.8 Å². The van der Waals surface area contributed by atoms with Crippen LogP contribution in [0.2, 0.25) is 0 Å². The molecule has 1 aromatic heterocycles. The molecule has 9 heteroatoms. The molecule has 0 aromatic carbocycles. The number of rotatable bonds is 8. The second kappa shape index (κ2) is 8.67. The van der Waals surface area contributed by atoms with E-state index in [0.29, 0.717) is 13.2 Å². The molecule has 0 fully saturated rings. The van der Waals surface area contributed by atoms with Crippen LogP contribution in [-0.4, -0.2) is 61.6 Å². The first kappa shape index (κ1) is 17.5. The van der Waals surface area contributed by atoms with Crippen molar-refractivity contribution in [3.63, 3.8) is 0 Å². The summed E-state index contributed by atoms with van der Waals surface area (Å²) in [5, 5.41) is 10.1. The third-order valence-electron chi connectivity index (χ3n) is 2.73. The van der Waals surface area contributed by atoms with Gasteiger partial charge in [0.25, 0.3) is 5.56 Å². The van der Waals surface area contributed by atoms with Gasteiger partial charge in [-0.2, -0.15) is 0 Å². The van der Waals surface area contributed by atoms with E-state index in [0.717, 1.165) is 0 Å². The number of methoxy groups -OCH3 is 3. The number of hydrogen-bond acceptors (Lipinski definition) is 7. The fourth-order valence-electron chi connectivity index (χ4n) is 1.56. The molecule has 21 heavy (non-hydrogen) atoms. The number of aromatic nitrogens is 2. The molecule has 0 amide bonds. The molecule has 0 aliphatic rings. The van der Waals surface area contributed by atoms with Gasteiger partial charge in [-0.05, 0) is 12.2 Å². The molecule has 0 bridgehead atoms. The monoisotopic (exact) mass is 317 g/mol. The first-order valence-electron chi connectivity index (χ1n) is 6.15. The Labute approximate surface area is 127 Å². The van der Waals surface area contributed by atoms with Gasteiger partial charge >= 0.3 is 0 Å². The third kappa shape index (κ3) is 4.74. The number of nitrogens with one attached hydrogen (secondary N) is 1. The van der Waals surface area contributed by atoms with Gasteiger partial charge in [-0.15, -0.1) is 0 Å². The van der Waals surface area contributed by atoms with Crippen molar-refractivity contribution in [1.82, 2.24) is 9.55 Å². The largest absolute Gasteiger partial charge is 0.494 e. The number of nitrogens with zero attached hydrogens (tertiary/aromatic N) is 2. The maximum Gasteiger partial charge on any atom is 0.264 e. The van der Waals surface area contributed by atoms with Gasteiger partial charge in [0, 0.05) is 27.5 Å². The normalized spacial score (nSPS) is 11.6. The lowest BCUT2D eigenvalue weighted by Crippen LogP contribution is -2.21. The Hall–Kier alpha value is -1.55. The Bertz CT molecular complexity index is 592. The first-order chi connectivity index (χ1) is 10.0. The number of hydrogen-bond donors (Lipinski definition) is 2. The summed E-state index contributed by atoms with van der Waals surface area (Å²) in [7, 11) is 4.50. The van der Waals surface area contributed by atoms with Crippen LogP contribution in [0.3, 0.4) is 0 Å². The summed E-state index contributed by atoms with van der Waals surface area (Å²) in [6, 6.07) is 0. The van der Waals surface area contributed by atoms with Crippen molar-refractivity contribution in [2.75, 3.05) is 34.5 Å². The predicted octanol–water partition coefficient (Wildman–Crippen LogP) is 0.296. The minimum Gasteiger partial charge on any atom is -0.494 e. The minimum atomic E-state index is -0.513. The van der Waals surface area contributed by atoms with Crippen molar-refractivity contribution < 1.29 is 19.3 Å². The molecule has 1 rings (SSSR count). The van der Waals surface area contributed by atoms with E-state index < -0.39 is 11.8 Å². The number of aliphatic imine (C=N–C) groups is 1. The van der Waals surface area contributed by atoms with E-state index in [1.165, 1.54) is 32.1 Å². The summed E-state index contributed by atoms with van der Waals surface area (Å²) in [5.41, 5.74) is -0.494. The molecule has 0 atom stereocenters. The molecule has 0 saturated carbocycles. The third-order valence-corrected chi connectivity index (χ3v) is 3.05. The second-order valence-electron chi connectivity index (χ2n) is 4.04. The molecule has 8 nitrogen and oxygen atoms in total. The van der Waals surface area contributed by atoms with Crippen LogP contribution in [0.4, 0.5) is 0 Å². The Morgan fingerprint density at radius 2 is 2.10 bits per heavy atom. The average Bonchev–Trinajstić information content (AvgIpc) is 2.46. The Morgan fingerprint density at radius 3 is 2.67 bits per heavy atom. The highest BCUT2D eigenvalue weighted by atomic mass is 32.1. The van der Waals surface area contributed by atoms with Crippen LogP contribution in [0.25, 0.3) is 0 Å². The van der Waals surface area contributed by atoms with E-state index >= 15 is 0 Å². The molecule has 0 aliphatic heterocycles. The lowest BCUT2D eigenvalue weighted by molar-refractivity contribution is -0.0936. The summed E-state index contributed by atoms with van der Waals surface area (Å²) >= 11 is 5.00. The van der Waals surface area contributed by atoms with E-state index in [1.807, 2.05) is 0 Å². The fourth-order valence-corrected chi connectivity index (χ4v) is 1.83. The summed E-state index contributed by atoms with van der Waals surface area (Å²) in [4.78, 5) is 18.3. The van der Waals surface area contributed by atoms with Crippen LogP contribution in [-0.2, 0) is 20.8 Å². The summed E-state index contributed by atoms with van der Waals surface area (Å²) in [5.74, 6) is -0.254. The standard InChI is InChI=1S/C12H19N3O5S/c1-18-5-4-15-11(17)8(10(16)14-12(15)21)6-13-7-9(19-2)20-3/h6,9,17H,4-5,7H2,1-3H3,(H,14,16,21). The van der Waals surface area contributed by atoms with Gasteiger partial charge in [0.1, 0.15) is 5.56 Å². The van der Waals surface area contributed by atoms with Crippen LogP contribution >= 0.6 is 12.2 Å². The molecular formula is C12H19N3O5S. The van der Waals surface area contributed by atoms with Crippen molar-refractivity contribution >= 4 is 18.4 Å². The molecule has 118 valence electrons. The Balaban J connectivity index is 3.04. The van der Waals surface area contributed by atoms with Crippen LogP contribution in [0.15, 0.2) is 9.79 Å². The van der Waals surface area contributed by atoms with E-state index in [2.05, 4.69) is 9.98 Å². The lowest BCUT2D eigenvalue weighted by Gasteiger charge is -2.11. The highest BCUT2D eigenvalue weighted by Crippen LogP contribution is 2.11. The summed E-state index contributed by atoms with van der Waals surface area (Å²) < 4.78 is 16.4. The minimum absolute atomic E-state index is 0.0191. The molecule has 0 aliphatic carbocycles. The van der Waals surface area contributed by atoms with E-state index in [1.54, 1.807) is 0 Å². The number of ether oxygens (including phenoxy) is 3. The fraction of sp³-hybridized carbons (Fsp3) is 0.583. The number of aromatic hydroxyl groups is 1.